The zero-order chi connectivity index (χ0) is 13.4. The van der Waals surface area contributed by atoms with Crippen molar-refractivity contribution in [2.75, 3.05) is 11.5 Å². The fourth-order valence-electron chi connectivity index (χ4n) is 2.47. The van der Waals surface area contributed by atoms with Crippen molar-refractivity contribution in [3.05, 3.63) is 0 Å². The highest BCUT2D eigenvalue weighted by Gasteiger charge is 2.22. The van der Waals surface area contributed by atoms with Crippen molar-refractivity contribution in [3.8, 4) is 0 Å². The first kappa shape index (κ1) is 15.5. The maximum absolute atomic E-state index is 11.3. The molecule has 1 saturated heterocycles. The Kier molecular flexibility index (Phi) is 6.68. The second kappa shape index (κ2) is 7.77. The molecular formula is C13H24O4S. The Bertz CT molecular complexity index is 334. The van der Waals surface area contributed by atoms with E-state index in [-0.39, 0.29) is 6.42 Å². The average molecular weight is 276 g/mol. The number of carboxylic acids is 1. The lowest BCUT2D eigenvalue weighted by Gasteiger charge is -2.21. The van der Waals surface area contributed by atoms with Gasteiger partial charge in [0.1, 0.15) is 9.84 Å². The van der Waals surface area contributed by atoms with Crippen LogP contribution in [0.5, 0.6) is 0 Å². The Balaban J connectivity index is 1.94. The fourth-order valence-corrected chi connectivity index (χ4v) is 4.06. The molecule has 0 aromatic rings. The van der Waals surface area contributed by atoms with Crippen LogP contribution in [0.4, 0.5) is 0 Å². The number of hydrogen-bond acceptors (Lipinski definition) is 3. The summed E-state index contributed by atoms with van der Waals surface area (Å²) < 4.78 is 22.5. The highest BCUT2D eigenvalue weighted by Crippen LogP contribution is 2.24. The molecule has 0 aliphatic carbocycles. The number of sulfone groups is 1. The number of carboxylic acid groups (broad SMARTS) is 1. The van der Waals surface area contributed by atoms with Gasteiger partial charge in [-0.2, -0.15) is 0 Å². The monoisotopic (exact) mass is 276 g/mol. The van der Waals surface area contributed by atoms with Gasteiger partial charge in [-0.1, -0.05) is 32.1 Å². The van der Waals surface area contributed by atoms with Crippen LogP contribution in [0.1, 0.15) is 57.8 Å². The molecule has 1 N–H and O–H groups in total. The largest absolute Gasteiger partial charge is 0.481 e. The van der Waals surface area contributed by atoms with Gasteiger partial charge in [0.15, 0.2) is 0 Å². The molecule has 0 atom stereocenters. The van der Waals surface area contributed by atoms with E-state index in [4.69, 9.17) is 5.11 Å². The normalized spacial score (nSPS) is 19.8. The van der Waals surface area contributed by atoms with Crippen molar-refractivity contribution in [1.82, 2.24) is 0 Å². The Labute approximate surface area is 110 Å². The van der Waals surface area contributed by atoms with E-state index in [0.717, 1.165) is 51.4 Å². The maximum Gasteiger partial charge on any atom is 0.303 e. The lowest BCUT2D eigenvalue weighted by atomic mass is 9.95. The molecule has 1 aliphatic heterocycles. The molecule has 0 amide bonds. The Morgan fingerprint density at radius 2 is 1.56 bits per heavy atom. The summed E-state index contributed by atoms with van der Waals surface area (Å²) >= 11 is 0. The van der Waals surface area contributed by atoms with Crippen molar-refractivity contribution in [3.63, 3.8) is 0 Å². The molecule has 0 unspecified atom stereocenters. The van der Waals surface area contributed by atoms with Gasteiger partial charge in [-0.05, 0) is 25.2 Å². The number of unbranched alkanes of at least 4 members (excludes halogenated alkanes) is 4. The minimum absolute atomic E-state index is 0.278. The predicted octanol–water partition coefficient (Wildman–Crippen LogP) is 2.63. The summed E-state index contributed by atoms with van der Waals surface area (Å²) in [7, 11) is -2.72. The van der Waals surface area contributed by atoms with E-state index in [9.17, 15) is 13.2 Å². The molecule has 4 nitrogen and oxygen atoms in total. The minimum Gasteiger partial charge on any atom is -0.481 e. The Morgan fingerprint density at radius 3 is 2.17 bits per heavy atom. The predicted molar refractivity (Wildman–Crippen MR) is 71.3 cm³/mol. The minimum atomic E-state index is -2.72. The second-order valence-electron chi connectivity index (χ2n) is 5.30. The number of rotatable bonds is 8. The van der Waals surface area contributed by atoms with Gasteiger partial charge in [0.2, 0.25) is 0 Å². The lowest BCUT2D eigenvalue weighted by Crippen LogP contribution is -2.23. The molecule has 0 aromatic carbocycles. The highest BCUT2D eigenvalue weighted by molar-refractivity contribution is 7.91. The molecule has 18 heavy (non-hydrogen) atoms. The van der Waals surface area contributed by atoms with E-state index in [2.05, 4.69) is 0 Å². The van der Waals surface area contributed by atoms with Gasteiger partial charge in [-0.15, -0.1) is 0 Å². The summed E-state index contributed by atoms with van der Waals surface area (Å²) in [5, 5.41) is 8.48. The molecule has 1 aliphatic rings. The summed E-state index contributed by atoms with van der Waals surface area (Å²) in [6.07, 6.45) is 8.24. The first-order chi connectivity index (χ1) is 8.49. The molecule has 1 rings (SSSR count). The Morgan fingerprint density at radius 1 is 1.00 bits per heavy atom. The standard InChI is InChI=1S/C13H24O4S/c14-13(15)7-5-3-1-2-4-6-12-8-10-18(16,17)11-9-12/h12H,1-11H2,(H,14,15). The van der Waals surface area contributed by atoms with Crippen LogP contribution in [0.3, 0.4) is 0 Å². The molecule has 1 fully saturated rings. The van der Waals surface area contributed by atoms with Crippen molar-refractivity contribution >= 4 is 15.8 Å². The molecular weight excluding hydrogens is 252 g/mol. The molecule has 106 valence electrons. The first-order valence-electron chi connectivity index (χ1n) is 6.92. The van der Waals surface area contributed by atoms with E-state index in [1.807, 2.05) is 0 Å². The molecule has 0 radical (unpaired) electrons. The van der Waals surface area contributed by atoms with Gasteiger partial charge >= 0.3 is 5.97 Å². The summed E-state index contributed by atoms with van der Waals surface area (Å²) in [4.78, 5) is 10.3. The average Bonchev–Trinajstić information content (AvgIpc) is 2.29. The Hall–Kier alpha value is -0.580. The van der Waals surface area contributed by atoms with Crippen LogP contribution < -0.4 is 0 Å². The number of carbonyl (C=O) groups is 1. The van der Waals surface area contributed by atoms with Crippen molar-refractivity contribution in [2.24, 2.45) is 5.92 Å². The number of hydrogen-bond donors (Lipinski definition) is 1. The molecule has 0 saturated carbocycles. The zero-order valence-corrected chi connectivity index (χ0v) is 11.8. The molecule has 0 spiro atoms. The van der Waals surface area contributed by atoms with E-state index in [1.165, 1.54) is 0 Å². The van der Waals surface area contributed by atoms with E-state index in [0.29, 0.717) is 17.4 Å². The third kappa shape index (κ3) is 6.99. The van der Waals surface area contributed by atoms with Gasteiger partial charge in [0, 0.05) is 6.42 Å². The van der Waals surface area contributed by atoms with Gasteiger partial charge < -0.3 is 5.11 Å². The molecule has 1 heterocycles. The summed E-state index contributed by atoms with van der Waals surface area (Å²) in [6, 6.07) is 0. The third-order valence-electron chi connectivity index (χ3n) is 3.68. The van der Waals surface area contributed by atoms with E-state index >= 15 is 0 Å². The highest BCUT2D eigenvalue weighted by atomic mass is 32.2. The molecule has 0 aromatic heterocycles. The fraction of sp³-hybridized carbons (Fsp3) is 0.923. The summed E-state index contributed by atoms with van der Waals surface area (Å²) in [5.41, 5.74) is 0. The van der Waals surface area contributed by atoms with Crippen LogP contribution in [0.25, 0.3) is 0 Å². The van der Waals surface area contributed by atoms with Crippen LogP contribution in [0.15, 0.2) is 0 Å². The smallest absolute Gasteiger partial charge is 0.303 e. The first-order valence-corrected chi connectivity index (χ1v) is 8.74. The lowest BCUT2D eigenvalue weighted by molar-refractivity contribution is -0.137. The summed E-state index contributed by atoms with van der Waals surface area (Å²) in [5.74, 6) is 0.623. The van der Waals surface area contributed by atoms with Crippen LogP contribution in [-0.2, 0) is 14.6 Å². The molecule has 5 heteroatoms. The van der Waals surface area contributed by atoms with Crippen LogP contribution in [0, 0.1) is 5.92 Å². The van der Waals surface area contributed by atoms with Gasteiger partial charge in [0.25, 0.3) is 0 Å². The maximum atomic E-state index is 11.3. The van der Waals surface area contributed by atoms with Crippen molar-refractivity contribution in [2.45, 2.75) is 57.8 Å². The van der Waals surface area contributed by atoms with Gasteiger partial charge in [-0.3, -0.25) is 4.79 Å². The van der Waals surface area contributed by atoms with E-state index < -0.39 is 15.8 Å². The summed E-state index contributed by atoms with van der Waals surface area (Å²) in [6.45, 7) is 0. The van der Waals surface area contributed by atoms with Crippen LogP contribution in [0.2, 0.25) is 0 Å². The van der Waals surface area contributed by atoms with Crippen molar-refractivity contribution in [1.29, 1.82) is 0 Å². The SMILES string of the molecule is O=C(O)CCCCCCCC1CCS(=O)(=O)CC1. The van der Waals surface area contributed by atoms with Crippen LogP contribution >= 0.6 is 0 Å². The third-order valence-corrected chi connectivity index (χ3v) is 5.39. The van der Waals surface area contributed by atoms with E-state index in [1.54, 1.807) is 0 Å². The van der Waals surface area contributed by atoms with Crippen LogP contribution in [-0.4, -0.2) is 31.0 Å². The quantitative estimate of drug-likeness (QED) is 0.692. The topological polar surface area (TPSA) is 71.4 Å². The number of aliphatic carboxylic acids is 1. The zero-order valence-electron chi connectivity index (χ0n) is 10.9. The van der Waals surface area contributed by atoms with Gasteiger partial charge in [-0.25, -0.2) is 8.42 Å². The molecule has 0 bridgehead atoms. The van der Waals surface area contributed by atoms with Gasteiger partial charge in [0.05, 0.1) is 11.5 Å². The van der Waals surface area contributed by atoms with Crippen molar-refractivity contribution < 1.29 is 18.3 Å². The second-order valence-corrected chi connectivity index (χ2v) is 7.60.